The first-order valence-electron chi connectivity index (χ1n) is 12.6. The largest absolute Gasteiger partial charge is 0.346 e. The van der Waals surface area contributed by atoms with Crippen molar-refractivity contribution in [1.29, 1.82) is 0 Å². The molecule has 0 aliphatic carbocycles. The van der Waals surface area contributed by atoms with Crippen molar-refractivity contribution in [2.45, 2.75) is 135 Å². The predicted octanol–water partition coefficient (Wildman–Crippen LogP) is 6.98. The lowest BCUT2D eigenvalue weighted by molar-refractivity contribution is -0.118. The molecule has 0 saturated heterocycles. The molecule has 184 valence electrons. The molecular weight excluding hydrogens is 410 g/mol. The van der Waals surface area contributed by atoms with Crippen LogP contribution >= 0.6 is 0 Å². The first-order chi connectivity index (χ1) is 14.7. The SMILES string of the molecule is C=CC(=O)NC(C)(CCCCCCCCCCCCCCCCCCC)CS(=O)(=O)O. The molecular formula is C25H49NO4S. The molecule has 2 N–H and O–H groups in total. The van der Waals surface area contributed by atoms with Gasteiger partial charge in [0.15, 0.2) is 0 Å². The van der Waals surface area contributed by atoms with Crippen molar-refractivity contribution in [2.24, 2.45) is 0 Å². The third-order valence-corrected chi connectivity index (χ3v) is 6.95. The number of carbonyl (C=O) groups is 1. The molecule has 0 aliphatic rings. The highest BCUT2D eigenvalue weighted by molar-refractivity contribution is 7.85. The monoisotopic (exact) mass is 459 g/mol. The number of carbonyl (C=O) groups excluding carboxylic acids is 1. The van der Waals surface area contributed by atoms with Crippen LogP contribution in [-0.4, -0.2) is 30.2 Å². The van der Waals surface area contributed by atoms with Gasteiger partial charge in [-0.3, -0.25) is 9.35 Å². The van der Waals surface area contributed by atoms with Gasteiger partial charge in [0.2, 0.25) is 5.91 Å². The average molecular weight is 460 g/mol. The van der Waals surface area contributed by atoms with Gasteiger partial charge in [-0.1, -0.05) is 123 Å². The summed E-state index contributed by atoms with van der Waals surface area (Å²) in [5.41, 5.74) is -0.964. The topological polar surface area (TPSA) is 83.5 Å². The molecule has 5 nitrogen and oxygen atoms in total. The van der Waals surface area contributed by atoms with Crippen LogP contribution in [0.25, 0.3) is 0 Å². The lowest BCUT2D eigenvalue weighted by Crippen LogP contribution is -2.50. The van der Waals surface area contributed by atoms with Crippen LogP contribution < -0.4 is 5.32 Å². The van der Waals surface area contributed by atoms with Gasteiger partial charge >= 0.3 is 0 Å². The first kappa shape index (κ1) is 30.1. The smallest absolute Gasteiger partial charge is 0.267 e. The zero-order chi connectivity index (χ0) is 23.4. The lowest BCUT2D eigenvalue weighted by atomic mass is 9.95. The average Bonchev–Trinajstić information content (AvgIpc) is 2.68. The Morgan fingerprint density at radius 3 is 1.48 bits per heavy atom. The Balaban J connectivity index is 3.64. The molecule has 0 aromatic carbocycles. The van der Waals surface area contributed by atoms with E-state index in [-0.39, 0.29) is 0 Å². The van der Waals surface area contributed by atoms with Crippen LogP contribution in [0.2, 0.25) is 0 Å². The van der Waals surface area contributed by atoms with Crippen LogP contribution in [0, 0.1) is 0 Å². The fraction of sp³-hybridized carbons (Fsp3) is 0.880. The number of nitrogens with one attached hydrogen (secondary N) is 1. The molecule has 0 saturated carbocycles. The number of hydrogen-bond acceptors (Lipinski definition) is 3. The van der Waals surface area contributed by atoms with Gasteiger partial charge in [0.1, 0.15) is 0 Å². The molecule has 0 aromatic heterocycles. The maximum absolute atomic E-state index is 11.6. The third kappa shape index (κ3) is 20.8. The van der Waals surface area contributed by atoms with Crippen molar-refractivity contribution in [3.63, 3.8) is 0 Å². The van der Waals surface area contributed by atoms with Crippen molar-refractivity contribution in [2.75, 3.05) is 5.75 Å². The molecule has 0 heterocycles. The summed E-state index contributed by atoms with van der Waals surface area (Å²) < 4.78 is 31.7. The van der Waals surface area contributed by atoms with E-state index in [0.717, 1.165) is 25.3 Å². The van der Waals surface area contributed by atoms with Crippen LogP contribution in [0.3, 0.4) is 0 Å². The van der Waals surface area contributed by atoms with Gasteiger partial charge in [-0.15, -0.1) is 0 Å². The molecule has 0 fully saturated rings. The third-order valence-electron chi connectivity index (χ3n) is 5.94. The van der Waals surface area contributed by atoms with Crippen LogP contribution in [0.1, 0.15) is 129 Å². The summed E-state index contributed by atoms with van der Waals surface area (Å²) in [6, 6.07) is 0. The van der Waals surface area contributed by atoms with Gasteiger partial charge in [-0.2, -0.15) is 8.42 Å². The Labute approximate surface area is 192 Å². The summed E-state index contributed by atoms with van der Waals surface area (Å²) in [6.45, 7) is 7.32. The molecule has 1 unspecified atom stereocenters. The van der Waals surface area contributed by atoms with E-state index < -0.39 is 27.3 Å². The summed E-state index contributed by atoms with van der Waals surface area (Å²) in [4.78, 5) is 11.6. The Hall–Kier alpha value is -0.880. The molecule has 0 spiro atoms. The molecule has 0 aliphatic heterocycles. The molecule has 0 radical (unpaired) electrons. The normalized spacial score (nSPS) is 13.6. The molecule has 1 amide bonds. The molecule has 1 atom stereocenters. The number of amides is 1. The Kier molecular flexibility index (Phi) is 18.1. The van der Waals surface area contributed by atoms with Crippen LogP contribution in [0.5, 0.6) is 0 Å². The van der Waals surface area contributed by atoms with E-state index in [0.29, 0.717) is 6.42 Å². The second-order valence-electron chi connectivity index (χ2n) is 9.39. The molecule has 6 heteroatoms. The maximum atomic E-state index is 11.6. The van der Waals surface area contributed by atoms with Crippen molar-refractivity contribution < 1.29 is 17.8 Å². The van der Waals surface area contributed by atoms with Crippen molar-refractivity contribution in [1.82, 2.24) is 5.32 Å². The van der Waals surface area contributed by atoms with E-state index in [2.05, 4.69) is 18.8 Å². The van der Waals surface area contributed by atoms with Gasteiger partial charge in [-0.25, -0.2) is 0 Å². The van der Waals surface area contributed by atoms with E-state index in [1.807, 2.05) is 0 Å². The van der Waals surface area contributed by atoms with Crippen LogP contribution in [0.15, 0.2) is 12.7 Å². The van der Waals surface area contributed by atoms with Gasteiger partial charge in [0, 0.05) is 0 Å². The number of hydrogen-bond donors (Lipinski definition) is 2. The summed E-state index contributed by atoms with van der Waals surface area (Å²) >= 11 is 0. The summed E-state index contributed by atoms with van der Waals surface area (Å²) in [5, 5.41) is 2.66. The van der Waals surface area contributed by atoms with E-state index in [1.54, 1.807) is 6.92 Å². The summed E-state index contributed by atoms with van der Waals surface area (Å²) in [7, 11) is -4.16. The van der Waals surface area contributed by atoms with Gasteiger partial charge in [0.25, 0.3) is 10.1 Å². The second-order valence-corrected chi connectivity index (χ2v) is 10.8. The van der Waals surface area contributed by atoms with E-state index >= 15 is 0 Å². The molecule has 31 heavy (non-hydrogen) atoms. The van der Waals surface area contributed by atoms with E-state index in [1.165, 1.54) is 89.9 Å². The van der Waals surface area contributed by atoms with Crippen LogP contribution in [-0.2, 0) is 14.9 Å². The first-order valence-corrected chi connectivity index (χ1v) is 14.2. The fourth-order valence-corrected chi connectivity index (χ4v) is 5.18. The van der Waals surface area contributed by atoms with Crippen molar-refractivity contribution in [3.05, 3.63) is 12.7 Å². The Morgan fingerprint density at radius 1 is 0.806 bits per heavy atom. The maximum Gasteiger partial charge on any atom is 0.267 e. The number of unbranched alkanes of at least 4 members (excludes halogenated alkanes) is 16. The van der Waals surface area contributed by atoms with Crippen LogP contribution in [0.4, 0.5) is 0 Å². The minimum absolute atomic E-state index is 0.418. The van der Waals surface area contributed by atoms with Gasteiger partial charge < -0.3 is 5.32 Å². The second kappa shape index (κ2) is 18.7. The zero-order valence-electron chi connectivity index (χ0n) is 20.3. The highest BCUT2D eigenvalue weighted by Crippen LogP contribution is 2.19. The zero-order valence-corrected chi connectivity index (χ0v) is 21.1. The minimum Gasteiger partial charge on any atom is -0.346 e. The lowest BCUT2D eigenvalue weighted by Gasteiger charge is -2.29. The quantitative estimate of drug-likeness (QED) is 0.104. The number of rotatable bonds is 22. The van der Waals surface area contributed by atoms with E-state index in [9.17, 15) is 17.8 Å². The summed E-state index contributed by atoms with van der Waals surface area (Å²) in [5.74, 6) is -0.892. The standard InChI is InChI=1S/C25H49NO4S/c1-4-6-7-8-9-10-11-12-13-14-15-16-17-18-19-20-21-22-25(3,23-31(28,29)30)26-24(27)5-2/h5H,2,4,6-23H2,1,3H3,(H,26,27)(H,28,29,30). The van der Waals surface area contributed by atoms with E-state index in [4.69, 9.17) is 0 Å². The Morgan fingerprint density at radius 2 is 1.16 bits per heavy atom. The molecule has 0 rings (SSSR count). The highest BCUT2D eigenvalue weighted by Gasteiger charge is 2.30. The van der Waals surface area contributed by atoms with Crippen molar-refractivity contribution in [3.8, 4) is 0 Å². The molecule has 0 aromatic rings. The highest BCUT2D eigenvalue weighted by atomic mass is 32.2. The van der Waals surface area contributed by atoms with Gasteiger partial charge in [-0.05, 0) is 19.4 Å². The summed E-state index contributed by atoms with van der Waals surface area (Å²) in [6.07, 6.45) is 23.5. The predicted molar refractivity (Wildman–Crippen MR) is 132 cm³/mol. The Bertz CT molecular complexity index is 562. The minimum atomic E-state index is -4.16. The molecule has 0 bridgehead atoms. The fourth-order valence-electron chi connectivity index (χ4n) is 4.16. The van der Waals surface area contributed by atoms with Gasteiger partial charge in [0.05, 0.1) is 11.3 Å². The van der Waals surface area contributed by atoms with Crippen molar-refractivity contribution >= 4 is 16.0 Å².